The highest BCUT2D eigenvalue weighted by Gasteiger charge is 2.19. The van der Waals surface area contributed by atoms with E-state index in [1.807, 2.05) is 24.3 Å². The van der Waals surface area contributed by atoms with E-state index in [1.54, 1.807) is 12.1 Å². The lowest BCUT2D eigenvalue weighted by Gasteiger charge is -2.34. The Labute approximate surface area is 200 Å². The monoisotopic (exact) mass is 462 g/mol. The van der Waals surface area contributed by atoms with Gasteiger partial charge < -0.3 is 25.3 Å². The first-order valence-corrected chi connectivity index (χ1v) is 11.2. The van der Waals surface area contributed by atoms with Crippen LogP contribution in [0.25, 0.3) is 0 Å². The summed E-state index contributed by atoms with van der Waals surface area (Å²) in [5, 5.41) is 28.6. The van der Waals surface area contributed by atoms with E-state index in [0.29, 0.717) is 11.3 Å². The van der Waals surface area contributed by atoms with Crippen LogP contribution in [0.4, 0.5) is 22.7 Å². The standard InChI is InChI=1S/C12H14N4O2.C12H16N4/c1-14-4-6-15(7-5-14)11-2-3-12(16(17)18)10(8-11)9-13;1-15-4-6-16(7-5-15)11-2-3-12(14)10(8-11)9-13/h2-3,8H,4-7H2,1H3;2-3,8H,4-7,14H2,1H3. The SMILES string of the molecule is CN1CCN(c2ccc(N)c(C#N)c2)CC1.CN1CCN(c2ccc([N+](=O)[O-])c(C#N)c2)CC1. The first-order valence-electron chi connectivity index (χ1n) is 11.2. The minimum absolute atomic E-state index is 0.122. The Morgan fingerprint density at radius 3 is 1.68 bits per heavy atom. The summed E-state index contributed by atoms with van der Waals surface area (Å²) in [5.74, 6) is 0. The molecular formula is C24H30N8O2. The predicted octanol–water partition coefficient (Wildman–Crippen LogP) is 2.11. The molecule has 2 aliphatic rings. The second kappa shape index (κ2) is 11.3. The zero-order valence-corrected chi connectivity index (χ0v) is 19.6. The van der Waals surface area contributed by atoms with Crippen LogP contribution in [0.1, 0.15) is 11.1 Å². The number of rotatable bonds is 3. The third-order valence-electron chi connectivity index (χ3n) is 6.19. The molecule has 34 heavy (non-hydrogen) atoms. The van der Waals surface area contributed by atoms with Gasteiger partial charge in [-0.25, -0.2) is 0 Å². The Morgan fingerprint density at radius 1 is 0.794 bits per heavy atom. The van der Waals surface area contributed by atoms with Crippen molar-refractivity contribution in [3.8, 4) is 12.1 Å². The number of benzene rings is 2. The van der Waals surface area contributed by atoms with E-state index in [2.05, 4.69) is 39.8 Å². The highest BCUT2D eigenvalue weighted by molar-refractivity contribution is 5.63. The van der Waals surface area contributed by atoms with Gasteiger partial charge in [0.05, 0.1) is 10.5 Å². The fourth-order valence-electron chi connectivity index (χ4n) is 3.94. The average Bonchev–Trinajstić information content (AvgIpc) is 2.85. The highest BCUT2D eigenvalue weighted by Crippen LogP contribution is 2.25. The predicted molar refractivity (Wildman–Crippen MR) is 133 cm³/mol. The molecule has 178 valence electrons. The van der Waals surface area contributed by atoms with Gasteiger partial charge in [-0.15, -0.1) is 0 Å². The molecule has 2 heterocycles. The second-order valence-electron chi connectivity index (χ2n) is 8.53. The van der Waals surface area contributed by atoms with Gasteiger partial charge in [0.1, 0.15) is 17.7 Å². The number of nitriles is 2. The summed E-state index contributed by atoms with van der Waals surface area (Å²) >= 11 is 0. The van der Waals surface area contributed by atoms with Crippen LogP contribution in [0, 0.1) is 32.8 Å². The topological polar surface area (TPSA) is 130 Å². The van der Waals surface area contributed by atoms with Crippen molar-refractivity contribution in [1.82, 2.24) is 9.80 Å². The van der Waals surface area contributed by atoms with Crippen molar-refractivity contribution in [1.29, 1.82) is 10.5 Å². The number of hydrogen-bond acceptors (Lipinski definition) is 9. The summed E-state index contributed by atoms with van der Waals surface area (Å²) in [7, 11) is 4.19. The number of hydrogen-bond donors (Lipinski definition) is 1. The van der Waals surface area contributed by atoms with E-state index in [1.165, 1.54) is 6.07 Å². The van der Waals surface area contributed by atoms with Gasteiger partial charge in [0.25, 0.3) is 5.69 Å². The van der Waals surface area contributed by atoms with E-state index in [0.717, 1.165) is 63.7 Å². The lowest BCUT2D eigenvalue weighted by atomic mass is 10.1. The molecule has 4 rings (SSSR count). The van der Waals surface area contributed by atoms with Crippen molar-refractivity contribution in [2.45, 2.75) is 0 Å². The van der Waals surface area contributed by atoms with Crippen molar-refractivity contribution in [2.24, 2.45) is 0 Å². The Hall–Kier alpha value is -3.86. The molecule has 0 radical (unpaired) electrons. The molecule has 0 bridgehead atoms. The number of likely N-dealkylation sites (N-methyl/N-ethyl adjacent to an activating group) is 2. The molecule has 0 unspecified atom stereocenters. The quantitative estimate of drug-likeness (QED) is 0.414. The van der Waals surface area contributed by atoms with Crippen LogP contribution in [0.3, 0.4) is 0 Å². The van der Waals surface area contributed by atoms with Crippen molar-refractivity contribution in [3.05, 3.63) is 57.6 Å². The Balaban J connectivity index is 0.000000192. The summed E-state index contributed by atoms with van der Waals surface area (Å²) in [6.07, 6.45) is 0. The summed E-state index contributed by atoms with van der Waals surface area (Å²) in [6.45, 7) is 7.80. The normalized spacial score (nSPS) is 16.7. The Kier molecular flexibility index (Phi) is 8.25. The Morgan fingerprint density at radius 2 is 1.24 bits per heavy atom. The van der Waals surface area contributed by atoms with E-state index in [9.17, 15) is 10.1 Å². The molecule has 2 aromatic rings. The van der Waals surface area contributed by atoms with E-state index in [-0.39, 0.29) is 11.3 Å². The minimum atomic E-state index is -0.522. The summed E-state index contributed by atoms with van der Waals surface area (Å²) < 4.78 is 0. The maximum Gasteiger partial charge on any atom is 0.287 e. The molecule has 10 nitrogen and oxygen atoms in total. The molecule has 2 N–H and O–H groups in total. The summed E-state index contributed by atoms with van der Waals surface area (Å²) in [5.41, 5.74) is 8.79. The first kappa shape index (κ1) is 24.8. The maximum absolute atomic E-state index is 10.7. The average molecular weight is 463 g/mol. The number of piperazine rings is 2. The van der Waals surface area contributed by atoms with E-state index >= 15 is 0 Å². The smallest absolute Gasteiger partial charge is 0.287 e. The van der Waals surface area contributed by atoms with Crippen molar-refractivity contribution < 1.29 is 4.92 Å². The van der Waals surface area contributed by atoms with Gasteiger partial charge in [0.15, 0.2) is 0 Å². The molecule has 10 heteroatoms. The largest absolute Gasteiger partial charge is 0.398 e. The number of nitrogens with two attached hydrogens (primary N) is 1. The van der Waals surface area contributed by atoms with Gasteiger partial charge in [-0.2, -0.15) is 10.5 Å². The number of nitro groups is 1. The van der Waals surface area contributed by atoms with Gasteiger partial charge in [-0.1, -0.05) is 0 Å². The van der Waals surface area contributed by atoms with Gasteiger partial charge in [-0.3, -0.25) is 10.1 Å². The lowest BCUT2D eigenvalue weighted by Crippen LogP contribution is -2.44. The maximum atomic E-state index is 10.7. The molecule has 2 fully saturated rings. The number of anilines is 3. The van der Waals surface area contributed by atoms with Gasteiger partial charge in [-0.05, 0) is 44.4 Å². The van der Waals surface area contributed by atoms with Crippen molar-refractivity contribution in [2.75, 3.05) is 82.0 Å². The summed E-state index contributed by atoms with van der Waals surface area (Å²) in [4.78, 5) is 19.2. The van der Waals surface area contributed by atoms with Crippen LogP contribution in [0.15, 0.2) is 36.4 Å². The van der Waals surface area contributed by atoms with Crippen LogP contribution in [-0.4, -0.2) is 81.2 Å². The number of nitro benzene ring substituents is 1. The van der Waals surface area contributed by atoms with Crippen LogP contribution < -0.4 is 15.5 Å². The minimum Gasteiger partial charge on any atom is -0.398 e. The van der Waals surface area contributed by atoms with Gasteiger partial charge in [0, 0.05) is 75.5 Å². The molecule has 2 saturated heterocycles. The Bertz CT molecular complexity index is 1090. The second-order valence-corrected chi connectivity index (χ2v) is 8.53. The molecule has 0 amide bonds. The molecule has 0 atom stereocenters. The zero-order chi connectivity index (χ0) is 24.7. The van der Waals surface area contributed by atoms with Gasteiger partial charge in [0.2, 0.25) is 0 Å². The third-order valence-corrected chi connectivity index (χ3v) is 6.19. The van der Waals surface area contributed by atoms with Crippen LogP contribution in [0.5, 0.6) is 0 Å². The molecule has 2 aromatic carbocycles. The van der Waals surface area contributed by atoms with Crippen LogP contribution >= 0.6 is 0 Å². The lowest BCUT2D eigenvalue weighted by molar-refractivity contribution is -0.385. The third kappa shape index (κ3) is 6.13. The van der Waals surface area contributed by atoms with Crippen LogP contribution in [-0.2, 0) is 0 Å². The highest BCUT2D eigenvalue weighted by atomic mass is 16.6. The molecule has 0 aromatic heterocycles. The van der Waals surface area contributed by atoms with Crippen molar-refractivity contribution >= 4 is 22.7 Å². The fraction of sp³-hybridized carbons (Fsp3) is 0.417. The fourth-order valence-corrected chi connectivity index (χ4v) is 3.94. The molecule has 0 aliphatic carbocycles. The molecule has 2 aliphatic heterocycles. The number of nitrogen functional groups attached to an aromatic ring is 1. The molecule has 0 spiro atoms. The number of nitrogens with zero attached hydrogens (tertiary/aromatic N) is 7. The molecular weight excluding hydrogens is 432 g/mol. The molecule has 0 saturated carbocycles. The van der Waals surface area contributed by atoms with E-state index in [4.69, 9.17) is 16.3 Å². The first-order chi connectivity index (χ1) is 16.3. The zero-order valence-electron chi connectivity index (χ0n) is 19.6. The van der Waals surface area contributed by atoms with Crippen LogP contribution in [0.2, 0.25) is 0 Å². The van der Waals surface area contributed by atoms with Gasteiger partial charge >= 0.3 is 0 Å². The van der Waals surface area contributed by atoms with Crippen molar-refractivity contribution in [3.63, 3.8) is 0 Å². The van der Waals surface area contributed by atoms with E-state index < -0.39 is 4.92 Å². The summed E-state index contributed by atoms with van der Waals surface area (Å²) in [6, 6.07) is 14.4.